The summed E-state index contributed by atoms with van der Waals surface area (Å²) in [6, 6.07) is 0. The summed E-state index contributed by atoms with van der Waals surface area (Å²) in [6.07, 6.45) is -2.64. The van der Waals surface area contributed by atoms with E-state index in [4.69, 9.17) is 4.52 Å². The number of nitrogens with zero attached hydrogens (tertiary/aromatic N) is 4. The van der Waals surface area contributed by atoms with E-state index in [9.17, 15) is 13.2 Å². The minimum atomic E-state index is -4.36. The number of hydrogen-bond donors (Lipinski definition) is 0. The van der Waals surface area contributed by atoms with Crippen molar-refractivity contribution >= 4 is 11.3 Å². The van der Waals surface area contributed by atoms with Gasteiger partial charge in [-0.15, -0.1) is 11.3 Å². The van der Waals surface area contributed by atoms with Gasteiger partial charge in [0.25, 0.3) is 0 Å². The zero-order valence-corrected chi connectivity index (χ0v) is 12.7. The second-order valence-corrected chi connectivity index (χ2v) is 6.23. The molecule has 2 aromatic heterocycles. The molecule has 0 spiro atoms. The van der Waals surface area contributed by atoms with Gasteiger partial charge in [0, 0.05) is 17.8 Å². The summed E-state index contributed by atoms with van der Waals surface area (Å²) < 4.78 is 42.8. The monoisotopic (exact) mass is 332 g/mol. The van der Waals surface area contributed by atoms with E-state index in [-0.39, 0.29) is 5.92 Å². The molecule has 0 atom stereocenters. The maximum atomic E-state index is 12.5. The van der Waals surface area contributed by atoms with Gasteiger partial charge in [0.05, 0.1) is 5.69 Å². The van der Waals surface area contributed by atoms with Crippen LogP contribution in [0.15, 0.2) is 9.90 Å². The Morgan fingerprint density at radius 2 is 2.05 bits per heavy atom. The van der Waals surface area contributed by atoms with Crippen molar-refractivity contribution in [2.75, 3.05) is 13.1 Å². The van der Waals surface area contributed by atoms with E-state index < -0.39 is 11.2 Å². The Bertz CT molecular complexity index is 631. The predicted octanol–water partition coefficient (Wildman–Crippen LogP) is 3.23. The zero-order chi connectivity index (χ0) is 15.7. The molecular weight excluding hydrogens is 317 g/mol. The highest BCUT2D eigenvalue weighted by molar-refractivity contribution is 7.09. The molecule has 3 rings (SSSR count). The fraction of sp³-hybridized carbons (Fsp3) is 0.615. The van der Waals surface area contributed by atoms with Crippen LogP contribution in [0.5, 0.6) is 0 Å². The molecule has 120 valence electrons. The van der Waals surface area contributed by atoms with Gasteiger partial charge >= 0.3 is 6.18 Å². The smallest absolute Gasteiger partial charge is 0.339 e. The Kier molecular flexibility index (Phi) is 4.18. The predicted molar refractivity (Wildman–Crippen MR) is 73.4 cm³/mol. The summed E-state index contributed by atoms with van der Waals surface area (Å²) in [4.78, 5) is 10.0. The molecule has 9 heteroatoms. The second kappa shape index (κ2) is 5.96. The standard InChI is InChI=1S/C13H15F3N4OS/c1-8-17-11(21-19-8)9-2-4-20(5-3-9)6-10-7-22-12(18-10)13(14,15)16/h7,9H,2-6H2,1H3. The van der Waals surface area contributed by atoms with E-state index in [1.54, 1.807) is 6.92 Å². The fourth-order valence-corrected chi connectivity index (χ4v) is 3.23. The lowest BCUT2D eigenvalue weighted by atomic mass is 9.97. The largest absolute Gasteiger partial charge is 0.443 e. The van der Waals surface area contributed by atoms with Crippen LogP contribution in [0, 0.1) is 6.92 Å². The van der Waals surface area contributed by atoms with Crippen LogP contribution in [0.25, 0.3) is 0 Å². The minimum absolute atomic E-state index is 0.235. The number of hydrogen-bond acceptors (Lipinski definition) is 6. The van der Waals surface area contributed by atoms with Crippen molar-refractivity contribution in [2.45, 2.75) is 38.4 Å². The third kappa shape index (κ3) is 3.46. The highest BCUT2D eigenvalue weighted by atomic mass is 32.1. The molecule has 0 N–H and O–H groups in total. The van der Waals surface area contributed by atoms with Gasteiger partial charge in [-0.3, -0.25) is 4.90 Å². The van der Waals surface area contributed by atoms with E-state index in [0.717, 1.165) is 25.9 Å². The SMILES string of the molecule is Cc1noc(C2CCN(Cc3csc(C(F)(F)F)n3)CC2)n1. The molecule has 1 aliphatic heterocycles. The maximum Gasteiger partial charge on any atom is 0.443 e. The molecule has 0 unspecified atom stereocenters. The van der Waals surface area contributed by atoms with E-state index in [1.165, 1.54) is 5.38 Å². The molecule has 0 aliphatic carbocycles. The second-order valence-electron chi connectivity index (χ2n) is 5.37. The van der Waals surface area contributed by atoms with Gasteiger partial charge in [-0.25, -0.2) is 4.98 Å². The minimum Gasteiger partial charge on any atom is -0.339 e. The van der Waals surface area contributed by atoms with Crippen LogP contribution in [-0.2, 0) is 12.7 Å². The summed E-state index contributed by atoms with van der Waals surface area (Å²) in [5.74, 6) is 1.52. The van der Waals surface area contributed by atoms with Crippen molar-refractivity contribution in [2.24, 2.45) is 0 Å². The lowest BCUT2D eigenvalue weighted by molar-refractivity contribution is -0.137. The molecule has 0 aromatic carbocycles. The number of halogens is 3. The van der Waals surface area contributed by atoms with E-state index >= 15 is 0 Å². The van der Waals surface area contributed by atoms with Crippen LogP contribution < -0.4 is 0 Å². The molecule has 2 aromatic rings. The Labute approximate surface area is 129 Å². The van der Waals surface area contributed by atoms with Crippen molar-refractivity contribution in [3.63, 3.8) is 0 Å². The van der Waals surface area contributed by atoms with E-state index in [2.05, 4.69) is 20.0 Å². The molecule has 5 nitrogen and oxygen atoms in total. The number of aromatic nitrogens is 3. The maximum absolute atomic E-state index is 12.5. The first-order valence-electron chi connectivity index (χ1n) is 6.96. The number of rotatable bonds is 3. The highest BCUT2D eigenvalue weighted by Gasteiger charge is 2.34. The third-order valence-electron chi connectivity index (χ3n) is 3.66. The lowest BCUT2D eigenvalue weighted by Gasteiger charge is -2.29. The van der Waals surface area contributed by atoms with Crippen molar-refractivity contribution < 1.29 is 17.7 Å². The van der Waals surface area contributed by atoms with E-state index in [0.29, 0.717) is 35.3 Å². The summed E-state index contributed by atoms with van der Waals surface area (Å²) in [5.41, 5.74) is 0.476. The summed E-state index contributed by atoms with van der Waals surface area (Å²) in [6.45, 7) is 3.79. The molecule has 1 saturated heterocycles. The Morgan fingerprint density at radius 3 is 2.59 bits per heavy atom. The topological polar surface area (TPSA) is 55.1 Å². The van der Waals surface area contributed by atoms with Crippen LogP contribution in [-0.4, -0.2) is 33.1 Å². The van der Waals surface area contributed by atoms with Crippen molar-refractivity contribution in [3.8, 4) is 0 Å². The van der Waals surface area contributed by atoms with Crippen molar-refractivity contribution in [1.29, 1.82) is 0 Å². The van der Waals surface area contributed by atoms with Gasteiger partial charge < -0.3 is 4.52 Å². The normalized spacial score (nSPS) is 18.0. The summed E-state index contributed by atoms with van der Waals surface area (Å²) in [7, 11) is 0. The number of aryl methyl sites for hydroxylation is 1. The fourth-order valence-electron chi connectivity index (χ4n) is 2.56. The molecule has 0 saturated carbocycles. The highest BCUT2D eigenvalue weighted by Crippen LogP contribution is 2.32. The van der Waals surface area contributed by atoms with Gasteiger partial charge in [-0.2, -0.15) is 18.2 Å². The number of thiazole rings is 1. The molecule has 0 amide bonds. The van der Waals surface area contributed by atoms with Crippen LogP contribution in [0.3, 0.4) is 0 Å². The van der Waals surface area contributed by atoms with Crippen molar-refractivity contribution in [1.82, 2.24) is 20.0 Å². The lowest BCUT2D eigenvalue weighted by Crippen LogP contribution is -2.32. The molecular formula is C13H15F3N4OS. The average Bonchev–Trinajstić information content (AvgIpc) is 3.08. The molecule has 1 fully saturated rings. The first kappa shape index (κ1) is 15.4. The van der Waals surface area contributed by atoms with E-state index in [1.807, 2.05) is 0 Å². The first-order valence-corrected chi connectivity index (χ1v) is 7.84. The number of alkyl halides is 3. The van der Waals surface area contributed by atoms with Crippen LogP contribution >= 0.6 is 11.3 Å². The number of likely N-dealkylation sites (tertiary alicyclic amines) is 1. The average molecular weight is 332 g/mol. The molecule has 1 aliphatic rings. The molecule has 0 radical (unpaired) electrons. The number of piperidine rings is 1. The Morgan fingerprint density at radius 1 is 1.32 bits per heavy atom. The zero-order valence-electron chi connectivity index (χ0n) is 11.9. The summed E-state index contributed by atoms with van der Waals surface area (Å²) in [5, 5.41) is 4.49. The van der Waals surface area contributed by atoms with Gasteiger partial charge in [0.2, 0.25) is 5.89 Å². The van der Waals surface area contributed by atoms with Crippen LogP contribution in [0.4, 0.5) is 13.2 Å². The first-order chi connectivity index (χ1) is 10.4. The Hall–Kier alpha value is -1.48. The van der Waals surface area contributed by atoms with Crippen molar-refractivity contribution in [3.05, 3.63) is 27.8 Å². The quantitative estimate of drug-likeness (QED) is 0.864. The third-order valence-corrected chi connectivity index (χ3v) is 4.60. The molecule has 3 heterocycles. The van der Waals surface area contributed by atoms with Crippen LogP contribution in [0.2, 0.25) is 0 Å². The van der Waals surface area contributed by atoms with Crippen LogP contribution in [0.1, 0.15) is 41.2 Å². The summed E-state index contributed by atoms with van der Waals surface area (Å²) >= 11 is 0.649. The van der Waals surface area contributed by atoms with Gasteiger partial charge in [0.15, 0.2) is 10.8 Å². The molecule has 0 bridgehead atoms. The van der Waals surface area contributed by atoms with Gasteiger partial charge in [0.1, 0.15) is 0 Å². The van der Waals surface area contributed by atoms with Gasteiger partial charge in [-0.05, 0) is 32.9 Å². The Balaban J connectivity index is 1.55. The molecule has 22 heavy (non-hydrogen) atoms. The van der Waals surface area contributed by atoms with Gasteiger partial charge in [-0.1, -0.05) is 5.16 Å².